The number of nitrogens with zero attached hydrogens (tertiary/aromatic N) is 1. The zero-order chi connectivity index (χ0) is 9.31. The molecule has 0 aliphatic heterocycles. The van der Waals surface area contributed by atoms with Gasteiger partial charge in [-0.05, 0) is 36.3 Å². The molecule has 1 aliphatic carbocycles. The maximum absolute atomic E-state index is 5.93. The normalized spacial score (nSPS) is 33.5. The van der Waals surface area contributed by atoms with Crippen molar-refractivity contribution in [3.63, 3.8) is 0 Å². The lowest BCUT2D eigenvalue weighted by Crippen LogP contribution is -2.22. The molecule has 2 rings (SSSR count). The lowest BCUT2D eigenvalue weighted by atomic mass is 9.82. The van der Waals surface area contributed by atoms with Crippen molar-refractivity contribution >= 4 is 0 Å². The predicted octanol–water partition coefficient (Wildman–Crippen LogP) is 1.85. The van der Waals surface area contributed by atoms with Gasteiger partial charge >= 0.3 is 0 Å². The Morgan fingerprint density at radius 1 is 1.62 bits per heavy atom. The van der Waals surface area contributed by atoms with Crippen LogP contribution < -0.4 is 5.73 Å². The predicted molar refractivity (Wildman–Crippen MR) is 53.4 cm³/mol. The second kappa shape index (κ2) is 3.11. The Bertz CT molecular complexity index is 283. The first-order chi connectivity index (χ1) is 6.21. The Kier molecular flexibility index (Phi) is 2.08. The van der Waals surface area contributed by atoms with Crippen molar-refractivity contribution in [2.24, 2.45) is 5.73 Å². The molecule has 0 spiro atoms. The minimum Gasteiger partial charge on any atom is -0.328 e. The Labute approximate surface area is 79.2 Å². The number of pyridine rings is 1. The third-order valence-electron chi connectivity index (χ3n) is 3.14. The molecule has 2 nitrogen and oxygen atoms in total. The van der Waals surface area contributed by atoms with E-state index in [-0.39, 0.29) is 5.41 Å². The molecule has 1 fully saturated rings. The standard InChI is InChI=1S/C11H16N2/c1-11(5-4-10(12)7-11)9-3-2-6-13-8-9/h2-3,6,8,10H,4-5,7,12H2,1H3. The first-order valence-electron chi connectivity index (χ1n) is 4.87. The number of nitrogens with two attached hydrogens (primary N) is 1. The maximum Gasteiger partial charge on any atom is 0.0305 e. The first-order valence-corrected chi connectivity index (χ1v) is 4.87. The van der Waals surface area contributed by atoms with Crippen LogP contribution >= 0.6 is 0 Å². The third-order valence-corrected chi connectivity index (χ3v) is 3.14. The van der Waals surface area contributed by atoms with E-state index in [1.807, 2.05) is 18.5 Å². The van der Waals surface area contributed by atoms with Gasteiger partial charge in [0.2, 0.25) is 0 Å². The summed E-state index contributed by atoms with van der Waals surface area (Å²) in [5, 5.41) is 0. The molecule has 1 aromatic rings. The van der Waals surface area contributed by atoms with Gasteiger partial charge in [-0.2, -0.15) is 0 Å². The summed E-state index contributed by atoms with van der Waals surface area (Å²) < 4.78 is 0. The molecular weight excluding hydrogens is 160 g/mol. The molecule has 1 aromatic heterocycles. The summed E-state index contributed by atoms with van der Waals surface area (Å²) in [7, 11) is 0. The van der Waals surface area contributed by atoms with Crippen molar-refractivity contribution in [2.75, 3.05) is 0 Å². The van der Waals surface area contributed by atoms with Crippen molar-refractivity contribution < 1.29 is 0 Å². The highest BCUT2D eigenvalue weighted by Gasteiger charge is 2.34. The van der Waals surface area contributed by atoms with E-state index in [1.165, 1.54) is 12.0 Å². The van der Waals surface area contributed by atoms with Crippen molar-refractivity contribution in [1.29, 1.82) is 0 Å². The van der Waals surface area contributed by atoms with Crippen molar-refractivity contribution in [3.8, 4) is 0 Å². The molecule has 2 heteroatoms. The Hall–Kier alpha value is -0.890. The van der Waals surface area contributed by atoms with Gasteiger partial charge in [0, 0.05) is 18.4 Å². The van der Waals surface area contributed by atoms with E-state index >= 15 is 0 Å². The van der Waals surface area contributed by atoms with Crippen LogP contribution in [0, 0.1) is 0 Å². The molecule has 2 unspecified atom stereocenters. The smallest absolute Gasteiger partial charge is 0.0305 e. The first kappa shape index (κ1) is 8.70. The molecule has 0 aromatic carbocycles. The van der Waals surface area contributed by atoms with Gasteiger partial charge in [0.25, 0.3) is 0 Å². The van der Waals surface area contributed by atoms with E-state index < -0.39 is 0 Å². The molecule has 70 valence electrons. The maximum atomic E-state index is 5.93. The molecule has 13 heavy (non-hydrogen) atoms. The summed E-state index contributed by atoms with van der Waals surface area (Å²) in [6, 6.07) is 4.54. The van der Waals surface area contributed by atoms with Gasteiger partial charge in [0.1, 0.15) is 0 Å². The van der Waals surface area contributed by atoms with Crippen LogP contribution in [0.15, 0.2) is 24.5 Å². The van der Waals surface area contributed by atoms with E-state index in [1.54, 1.807) is 0 Å². The average molecular weight is 176 g/mol. The lowest BCUT2D eigenvalue weighted by molar-refractivity contribution is 0.480. The number of hydrogen-bond acceptors (Lipinski definition) is 2. The zero-order valence-electron chi connectivity index (χ0n) is 8.03. The molecule has 1 saturated carbocycles. The molecular formula is C11H16N2. The van der Waals surface area contributed by atoms with Gasteiger partial charge in [-0.3, -0.25) is 4.98 Å². The van der Waals surface area contributed by atoms with Crippen molar-refractivity contribution in [2.45, 2.75) is 37.6 Å². The van der Waals surface area contributed by atoms with Crippen LogP contribution in [0.25, 0.3) is 0 Å². The zero-order valence-corrected chi connectivity index (χ0v) is 8.03. The highest BCUT2D eigenvalue weighted by Crippen LogP contribution is 2.39. The molecule has 1 heterocycles. The van der Waals surface area contributed by atoms with Gasteiger partial charge in [0.15, 0.2) is 0 Å². The van der Waals surface area contributed by atoms with Crippen LogP contribution in [0.2, 0.25) is 0 Å². The lowest BCUT2D eigenvalue weighted by Gasteiger charge is -2.23. The highest BCUT2D eigenvalue weighted by molar-refractivity contribution is 5.22. The van der Waals surface area contributed by atoms with Gasteiger partial charge in [-0.1, -0.05) is 13.0 Å². The summed E-state index contributed by atoms with van der Waals surface area (Å²) >= 11 is 0. The summed E-state index contributed by atoms with van der Waals surface area (Å²) in [6.45, 7) is 2.29. The number of aromatic nitrogens is 1. The van der Waals surface area contributed by atoms with E-state index in [2.05, 4.69) is 18.0 Å². The number of rotatable bonds is 1. The van der Waals surface area contributed by atoms with Gasteiger partial charge in [0.05, 0.1) is 0 Å². The fraction of sp³-hybridized carbons (Fsp3) is 0.545. The highest BCUT2D eigenvalue weighted by atomic mass is 14.7. The molecule has 0 bridgehead atoms. The van der Waals surface area contributed by atoms with Crippen molar-refractivity contribution in [1.82, 2.24) is 4.98 Å². The fourth-order valence-electron chi connectivity index (χ4n) is 2.27. The monoisotopic (exact) mass is 176 g/mol. The van der Waals surface area contributed by atoms with Crippen LogP contribution in [0.5, 0.6) is 0 Å². The topological polar surface area (TPSA) is 38.9 Å². The largest absolute Gasteiger partial charge is 0.328 e. The van der Waals surface area contributed by atoms with Crippen molar-refractivity contribution in [3.05, 3.63) is 30.1 Å². The molecule has 2 atom stereocenters. The van der Waals surface area contributed by atoms with E-state index in [4.69, 9.17) is 5.73 Å². The van der Waals surface area contributed by atoms with Crippen LogP contribution in [0.3, 0.4) is 0 Å². The minimum atomic E-state index is 0.272. The van der Waals surface area contributed by atoms with E-state index in [9.17, 15) is 0 Å². The molecule has 0 saturated heterocycles. The second-order valence-corrected chi connectivity index (χ2v) is 4.31. The quantitative estimate of drug-likeness (QED) is 0.709. The van der Waals surface area contributed by atoms with Crippen LogP contribution in [-0.2, 0) is 5.41 Å². The van der Waals surface area contributed by atoms with Gasteiger partial charge in [-0.25, -0.2) is 0 Å². The van der Waals surface area contributed by atoms with Crippen LogP contribution in [0.4, 0.5) is 0 Å². The van der Waals surface area contributed by atoms with Crippen LogP contribution in [-0.4, -0.2) is 11.0 Å². The summed E-state index contributed by atoms with van der Waals surface area (Å²) in [6.07, 6.45) is 7.23. The molecule has 0 radical (unpaired) electrons. The van der Waals surface area contributed by atoms with Gasteiger partial charge < -0.3 is 5.73 Å². The van der Waals surface area contributed by atoms with Crippen LogP contribution in [0.1, 0.15) is 31.7 Å². The fourth-order valence-corrected chi connectivity index (χ4v) is 2.27. The number of hydrogen-bond donors (Lipinski definition) is 1. The Balaban J connectivity index is 2.26. The van der Waals surface area contributed by atoms with Gasteiger partial charge in [-0.15, -0.1) is 0 Å². The molecule has 1 aliphatic rings. The Morgan fingerprint density at radius 3 is 3.00 bits per heavy atom. The Morgan fingerprint density at radius 2 is 2.46 bits per heavy atom. The summed E-state index contributed by atoms with van der Waals surface area (Å²) in [4.78, 5) is 4.16. The van der Waals surface area contributed by atoms with E-state index in [0.717, 1.165) is 12.8 Å². The minimum absolute atomic E-state index is 0.272. The van der Waals surface area contributed by atoms with E-state index in [0.29, 0.717) is 6.04 Å². The third kappa shape index (κ3) is 1.59. The summed E-state index contributed by atoms with van der Waals surface area (Å²) in [5.41, 5.74) is 7.53. The summed E-state index contributed by atoms with van der Waals surface area (Å²) in [5.74, 6) is 0. The molecule has 0 amide bonds. The average Bonchev–Trinajstić information content (AvgIpc) is 2.49. The SMILES string of the molecule is CC1(c2cccnc2)CCC(N)C1. The molecule has 2 N–H and O–H groups in total. The second-order valence-electron chi connectivity index (χ2n) is 4.31.